The van der Waals surface area contributed by atoms with Crippen LogP contribution in [0.4, 0.5) is 0 Å². The van der Waals surface area contributed by atoms with E-state index in [-0.39, 0.29) is 5.97 Å². The van der Waals surface area contributed by atoms with Gasteiger partial charge in [-0.2, -0.15) is 0 Å². The topological polar surface area (TPSA) is 38.8 Å². The lowest BCUT2D eigenvalue weighted by molar-refractivity contribution is 0.0526. The maximum atomic E-state index is 11.7. The largest absolute Gasteiger partial charge is 0.494 e. The molecular weight excluding hydrogens is 265 g/mol. The van der Waals surface area contributed by atoms with Gasteiger partial charge in [0.25, 0.3) is 0 Å². The molecule has 114 valence electrons. The number of benzene rings is 1. The summed E-state index contributed by atoms with van der Waals surface area (Å²) in [6.07, 6.45) is 3.25. The van der Waals surface area contributed by atoms with Crippen LogP contribution in [0.3, 0.4) is 0 Å². The Morgan fingerprint density at radius 2 is 1.95 bits per heavy atom. The van der Waals surface area contributed by atoms with Gasteiger partial charge in [0.2, 0.25) is 0 Å². The van der Waals surface area contributed by atoms with Crippen LogP contribution >= 0.6 is 0 Å². The van der Waals surface area contributed by atoms with E-state index in [0.29, 0.717) is 30.0 Å². The predicted octanol–water partition coefficient (Wildman–Crippen LogP) is 1.77. The number of hydrogen-bond donors (Lipinski definition) is 0. The number of rotatable bonds is 9. The summed E-state index contributed by atoms with van der Waals surface area (Å²) in [7, 11) is 9.92. The van der Waals surface area contributed by atoms with Crippen molar-refractivity contribution < 1.29 is 14.3 Å². The van der Waals surface area contributed by atoms with Gasteiger partial charge in [0.1, 0.15) is 13.6 Å². The quantitative estimate of drug-likeness (QED) is 0.394. The minimum absolute atomic E-state index is 0.343. The Balaban J connectivity index is 2.42. The molecule has 0 aliphatic carbocycles. The first-order valence-electron chi connectivity index (χ1n) is 7.38. The molecule has 0 bridgehead atoms. The Kier molecular flexibility index (Phi) is 7.91. The van der Waals surface area contributed by atoms with Crippen LogP contribution in [0, 0.1) is 0 Å². The molecular formula is C16H24BNO3. The highest BCUT2D eigenvalue weighted by Gasteiger charge is 2.08. The standard InChI is InChI=1S/C16H24BNO3/c1-4-20-16(19)13-10-14(17)12-15(11-13)21-9-7-5-6-8-18(2)3/h10-12H,4-9H2,1-3H3. The molecule has 21 heavy (non-hydrogen) atoms. The van der Waals surface area contributed by atoms with Crippen molar-refractivity contribution in [1.82, 2.24) is 4.90 Å². The molecule has 0 saturated heterocycles. The van der Waals surface area contributed by atoms with Gasteiger partial charge in [-0.05, 0) is 59.0 Å². The van der Waals surface area contributed by atoms with Gasteiger partial charge in [-0.15, -0.1) is 0 Å². The number of carbonyl (C=O) groups excluding carboxylic acids is 1. The number of unbranched alkanes of at least 4 members (excludes halogenated alkanes) is 2. The number of ether oxygens (including phenoxy) is 2. The van der Waals surface area contributed by atoms with Crippen molar-refractivity contribution in [2.45, 2.75) is 26.2 Å². The molecule has 1 aromatic carbocycles. The molecule has 0 amide bonds. The van der Waals surface area contributed by atoms with Crippen LogP contribution in [0.5, 0.6) is 5.75 Å². The highest BCUT2D eigenvalue weighted by molar-refractivity contribution is 6.32. The molecule has 5 heteroatoms. The summed E-state index contributed by atoms with van der Waals surface area (Å²) in [5.74, 6) is 0.242. The summed E-state index contributed by atoms with van der Waals surface area (Å²) >= 11 is 0. The molecule has 1 aromatic rings. The molecule has 0 heterocycles. The van der Waals surface area contributed by atoms with E-state index in [1.807, 2.05) is 0 Å². The van der Waals surface area contributed by atoms with Gasteiger partial charge in [-0.25, -0.2) is 4.79 Å². The van der Waals surface area contributed by atoms with Crippen molar-refractivity contribution in [1.29, 1.82) is 0 Å². The van der Waals surface area contributed by atoms with Crippen molar-refractivity contribution in [2.24, 2.45) is 0 Å². The Morgan fingerprint density at radius 1 is 1.19 bits per heavy atom. The van der Waals surface area contributed by atoms with E-state index in [0.717, 1.165) is 25.8 Å². The summed E-state index contributed by atoms with van der Waals surface area (Å²) in [5, 5.41) is 0. The maximum absolute atomic E-state index is 11.7. The zero-order chi connectivity index (χ0) is 15.7. The van der Waals surface area contributed by atoms with Crippen molar-refractivity contribution in [3.05, 3.63) is 23.8 Å². The Morgan fingerprint density at radius 3 is 2.62 bits per heavy atom. The lowest BCUT2D eigenvalue weighted by atomic mass is 9.94. The van der Waals surface area contributed by atoms with E-state index in [4.69, 9.17) is 17.3 Å². The van der Waals surface area contributed by atoms with Crippen LogP contribution < -0.4 is 10.2 Å². The summed E-state index contributed by atoms with van der Waals surface area (Å²) in [4.78, 5) is 13.9. The first kappa shape index (κ1) is 17.6. The number of carbonyl (C=O) groups is 1. The van der Waals surface area contributed by atoms with Crippen LogP contribution in [-0.4, -0.2) is 52.6 Å². The highest BCUT2D eigenvalue weighted by atomic mass is 16.5. The van der Waals surface area contributed by atoms with E-state index in [1.165, 1.54) is 0 Å². The van der Waals surface area contributed by atoms with Gasteiger partial charge in [-0.3, -0.25) is 0 Å². The fraction of sp³-hybridized carbons (Fsp3) is 0.562. The lowest BCUT2D eigenvalue weighted by Gasteiger charge is -2.11. The number of hydrogen-bond acceptors (Lipinski definition) is 4. The molecule has 0 saturated carbocycles. The van der Waals surface area contributed by atoms with E-state index in [1.54, 1.807) is 25.1 Å². The number of nitrogens with zero attached hydrogens (tertiary/aromatic N) is 1. The molecule has 0 aliphatic heterocycles. The third-order valence-corrected chi connectivity index (χ3v) is 2.96. The molecule has 0 fully saturated rings. The second-order valence-electron chi connectivity index (χ2n) is 5.22. The van der Waals surface area contributed by atoms with Gasteiger partial charge in [0.15, 0.2) is 0 Å². The first-order chi connectivity index (χ1) is 10.0. The minimum atomic E-state index is -0.374. The molecule has 0 N–H and O–H groups in total. The van der Waals surface area contributed by atoms with Crippen LogP contribution in [0.25, 0.3) is 0 Å². The van der Waals surface area contributed by atoms with Crippen molar-refractivity contribution in [3.8, 4) is 5.75 Å². The van der Waals surface area contributed by atoms with Gasteiger partial charge >= 0.3 is 5.97 Å². The summed E-state index contributed by atoms with van der Waals surface area (Å²) in [5.41, 5.74) is 0.933. The molecule has 0 unspecified atom stereocenters. The van der Waals surface area contributed by atoms with Crippen LogP contribution in [-0.2, 0) is 4.74 Å². The zero-order valence-electron chi connectivity index (χ0n) is 13.2. The highest BCUT2D eigenvalue weighted by Crippen LogP contribution is 2.13. The lowest BCUT2D eigenvalue weighted by Crippen LogP contribution is -2.13. The molecule has 4 nitrogen and oxygen atoms in total. The molecule has 1 rings (SSSR count). The molecule has 2 radical (unpaired) electrons. The Labute approximate surface area is 128 Å². The predicted molar refractivity (Wildman–Crippen MR) is 85.7 cm³/mol. The second kappa shape index (κ2) is 9.45. The van der Waals surface area contributed by atoms with E-state index >= 15 is 0 Å². The summed E-state index contributed by atoms with van der Waals surface area (Å²) < 4.78 is 10.6. The van der Waals surface area contributed by atoms with Crippen LogP contribution in [0.1, 0.15) is 36.5 Å². The average molecular weight is 289 g/mol. The monoisotopic (exact) mass is 289 g/mol. The van der Waals surface area contributed by atoms with Crippen LogP contribution in [0.2, 0.25) is 0 Å². The second-order valence-corrected chi connectivity index (χ2v) is 5.22. The SMILES string of the molecule is [B]c1cc(OCCCCCN(C)C)cc(C(=O)OCC)c1. The maximum Gasteiger partial charge on any atom is 0.338 e. The van der Waals surface area contributed by atoms with Gasteiger partial charge in [0.05, 0.1) is 18.8 Å². The van der Waals surface area contributed by atoms with Gasteiger partial charge in [-0.1, -0.05) is 11.5 Å². The fourth-order valence-electron chi connectivity index (χ4n) is 1.93. The molecule has 0 aliphatic rings. The van der Waals surface area contributed by atoms with Gasteiger partial charge in [0, 0.05) is 0 Å². The summed E-state index contributed by atoms with van der Waals surface area (Å²) in [6, 6.07) is 5.00. The third kappa shape index (κ3) is 7.18. The average Bonchev–Trinajstić information content (AvgIpc) is 2.42. The van der Waals surface area contributed by atoms with E-state index in [2.05, 4.69) is 19.0 Å². The molecule has 0 spiro atoms. The molecule has 0 aromatic heterocycles. The van der Waals surface area contributed by atoms with Crippen LogP contribution in [0.15, 0.2) is 18.2 Å². The first-order valence-corrected chi connectivity index (χ1v) is 7.38. The van der Waals surface area contributed by atoms with E-state index in [9.17, 15) is 4.79 Å². The minimum Gasteiger partial charge on any atom is -0.494 e. The fourth-order valence-corrected chi connectivity index (χ4v) is 1.93. The Hall–Kier alpha value is -1.49. The number of esters is 1. The van der Waals surface area contributed by atoms with Crippen molar-refractivity contribution >= 4 is 19.3 Å². The Bertz CT molecular complexity index is 449. The molecule has 0 atom stereocenters. The smallest absolute Gasteiger partial charge is 0.338 e. The van der Waals surface area contributed by atoms with Crippen molar-refractivity contribution in [3.63, 3.8) is 0 Å². The van der Waals surface area contributed by atoms with Gasteiger partial charge < -0.3 is 14.4 Å². The van der Waals surface area contributed by atoms with Crippen molar-refractivity contribution in [2.75, 3.05) is 33.9 Å². The normalized spacial score (nSPS) is 10.7. The van der Waals surface area contributed by atoms with E-state index < -0.39 is 0 Å². The third-order valence-electron chi connectivity index (χ3n) is 2.96. The zero-order valence-corrected chi connectivity index (χ0v) is 13.2. The summed E-state index contributed by atoms with van der Waals surface area (Å²) in [6.45, 7) is 3.83.